The van der Waals surface area contributed by atoms with Gasteiger partial charge < -0.3 is 10.2 Å². The molecule has 1 aromatic carbocycles. The van der Waals surface area contributed by atoms with E-state index in [2.05, 4.69) is 58.2 Å². The Bertz CT molecular complexity index is 488. The quantitative estimate of drug-likeness (QED) is 0.831. The highest BCUT2D eigenvalue weighted by molar-refractivity contribution is 9.10. The molecule has 1 saturated carbocycles. The van der Waals surface area contributed by atoms with E-state index in [0.29, 0.717) is 6.04 Å². The molecule has 1 N–H and O–H groups in total. The lowest BCUT2D eigenvalue weighted by molar-refractivity contribution is 0.342. The van der Waals surface area contributed by atoms with Crippen molar-refractivity contribution in [2.45, 2.75) is 58.0 Å². The first-order valence-electron chi connectivity index (χ1n) is 8.50. The van der Waals surface area contributed by atoms with Crippen molar-refractivity contribution < 1.29 is 0 Å². The van der Waals surface area contributed by atoms with Crippen LogP contribution in [0.3, 0.4) is 0 Å². The third kappa shape index (κ3) is 3.14. The summed E-state index contributed by atoms with van der Waals surface area (Å²) in [6, 6.07) is 8.02. The van der Waals surface area contributed by atoms with E-state index in [-0.39, 0.29) is 0 Å². The predicted molar refractivity (Wildman–Crippen MR) is 93.9 cm³/mol. The molecule has 0 amide bonds. The summed E-state index contributed by atoms with van der Waals surface area (Å²) in [6.45, 7) is 6.71. The zero-order chi connectivity index (χ0) is 14.8. The molecule has 0 aromatic heterocycles. The lowest BCUT2D eigenvalue weighted by Gasteiger charge is -2.35. The second-order valence-electron chi connectivity index (χ2n) is 6.58. The number of rotatable bonds is 4. The average molecular weight is 351 g/mol. The molecule has 1 aliphatic carbocycles. The van der Waals surface area contributed by atoms with E-state index in [1.807, 2.05) is 0 Å². The van der Waals surface area contributed by atoms with E-state index >= 15 is 0 Å². The van der Waals surface area contributed by atoms with E-state index in [4.69, 9.17) is 0 Å². The number of fused-ring (bicyclic) bond motifs is 1. The molecule has 0 bridgehead atoms. The topological polar surface area (TPSA) is 15.3 Å². The summed E-state index contributed by atoms with van der Waals surface area (Å²) in [4.78, 5) is 2.71. The summed E-state index contributed by atoms with van der Waals surface area (Å²) in [5.41, 5.74) is 2.90. The summed E-state index contributed by atoms with van der Waals surface area (Å²) in [5, 5.41) is 3.58. The first-order chi connectivity index (χ1) is 10.2. The van der Waals surface area contributed by atoms with E-state index in [9.17, 15) is 0 Å². The molecule has 3 rings (SSSR count). The molecule has 2 aliphatic rings. The SMILES string of the molecule is CCNC(C)c1cc(Br)ccc1N1CCC2CCCCC21. The van der Waals surface area contributed by atoms with Gasteiger partial charge >= 0.3 is 0 Å². The number of hydrogen-bond acceptors (Lipinski definition) is 2. The Balaban J connectivity index is 1.90. The Morgan fingerprint density at radius 2 is 2.10 bits per heavy atom. The zero-order valence-corrected chi connectivity index (χ0v) is 14.8. The van der Waals surface area contributed by atoms with Crippen molar-refractivity contribution in [3.63, 3.8) is 0 Å². The minimum Gasteiger partial charge on any atom is -0.368 e. The molecular formula is C18H27BrN2. The molecule has 1 aromatic rings. The Kier molecular flexibility index (Phi) is 4.90. The van der Waals surface area contributed by atoms with Crippen LogP contribution in [0.1, 0.15) is 57.6 Å². The van der Waals surface area contributed by atoms with E-state index < -0.39 is 0 Å². The maximum Gasteiger partial charge on any atom is 0.0418 e. The van der Waals surface area contributed by atoms with Crippen LogP contribution < -0.4 is 10.2 Å². The van der Waals surface area contributed by atoms with Crippen LogP contribution in [-0.2, 0) is 0 Å². The van der Waals surface area contributed by atoms with Crippen molar-refractivity contribution in [3.8, 4) is 0 Å². The van der Waals surface area contributed by atoms with Crippen LogP contribution in [0.2, 0.25) is 0 Å². The molecule has 3 atom stereocenters. The van der Waals surface area contributed by atoms with Crippen molar-refractivity contribution in [1.29, 1.82) is 0 Å². The van der Waals surface area contributed by atoms with Crippen LogP contribution in [0.15, 0.2) is 22.7 Å². The molecule has 21 heavy (non-hydrogen) atoms. The van der Waals surface area contributed by atoms with Crippen LogP contribution in [0.25, 0.3) is 0 Å². The molecule has 1 aliphatic heterocycles. The van der Waals surface area contributed by atoms with Crippen molar-refractivity contribution in [3.05, 3.63) is 28.2 Å². The maximum atomic E-state index is 3.65. The van der Waals surface area contributed by atoms with Gasteiger partial charge in [0, 0.05) is 28.8 Å². The van der Waals surface area contributed by atoms with Crippen LogP contribution >= 0.6 is 15.9 Å². The molecule has 2 nitrogen and oxygen atoms in total. The molecule has 3 heteroatoms. The first kappa shape index (κ1) is 15.4. The number of nitrogens with zero attached hydrogens (tertiary/aromatic N) is 1. The monoisotopic (exact) mass is 350 g/mol. The van der Waals surface area contributed by atoms with Gasteiger partial charge in [-0.15, -0.1) is 0 Å². The van der Waals surface area contributed by atoms with Crippen molar-refractivity contribution in [2.24, 2.45) is 5.92 Å². The average Bonchev–Trinajstić information content (AvgIpc) is 2.91. The molecule has 116 valence electrons. The van der Waals surface area contributed by atoms with Crippen LogP contribution in [0, 0.1) is 5.92 Å². The van der Waals surface area contributed by atoms with Gasteiger partial charge in [0.15, 0.2) is 0 Å². The van der Waals surface area contributed by atoms with Gasteiger partial charge in [0.25, 0.3) is 0 Å². The lowest BCUT2D eigenvalue weighted by atomic mass is 9.85. The van der Waals surface area contributed by atoms with E-state index in [1.165, 1.54) is 54.4 Å². The van der Waals surface area contributed by atoms with E-state index in [1.54, 1.807) is 0 Å². The van der Waals surface area contributed by atoms with Crippen molar-refractivity contribution in [1.82, 2.24) is 5.32 Å². The van der Waals surface area contributed by atoms with Gasteiger partial charge in [-0.1, -0.05) is 35.7 Å². The number of benzene rings is 1. The fourth-order valence-corrected chi connectivity index (χ4v) is 4.63. The van der Waals surface area contributed by atoms with Gasteiger partial charge in [-0.2, -0.15) is 0 Å². The Morgan fingerprint density at radius 3 is 2.90 bits per heavy atom. The minimum absolute atomic E-state index is 0.408. The smallest absolute Gasteiger partial charge is 0.0418 e. The predicted octanol–water partition coefficient (Wildman–Crippen LogP) is 4.89. The maximum absolute atomic E-state index is 3.65. The zero-order valence-electron chi connectivity index (χ0n) is 13.2. The fraction of sp³-hybridized carbons (Fsp3) is 0.667. The van der Waals surface area contributed by atoms with Crippen LogP contribution in [0.5, 0.6) is 0 Å². The van der Waals surface area contributed by atoms with Crippen molar-refractivity contribution in [2.75, 3.05) is 18.0 Å². The number of nitrogens with one attached hydrogen (secondary N) is 1. The summed E-state index contributed by atoms with van der Waals surface area (Å²) in [5.74, 6) is 0.935. The van der Waals surface area contributed by atoms with Crippen LogP contribution in [-0.4, -0.2) is 19.1 Å². The summed E-state index contributed by atoms with van der Waals surface area (Å²) in [7, 11) is 0. The molecular weight excluding hydrogens is 324 g/mol. The number of anilines is 1. The summed E-state index contributed by atoms with van der Waals surface area (Å²) >= 11 is 3.65. The van der Waals surface area contributed by atoms with Gasteiger partial charge in [-0.05, 0) is 62.4 Å². The first-order valence-corrected chi connectivity index (χ1v) is 9.29. The molecule has 1 heterocycles. The van der Waals surface area contributed by atoms with Crippen LogP contribution in [0.4, 0.5) is 5.69 Å². The Hall–Kier alpha value is -0.540. The minimum atomic E-state index is 0.408. The number of hydrogen-bond donors (Lipinski definition) is 1. The number of halogens is 1. The Morgan fingerprint density at radius 1 is 1.29 bits per heavy atom. The standard InChI is InChI=1S/C18H27BrN2/c1-3-20-13(2)16-12-15(19)8-9-18(16)21-11-10-14-6-4-5-7-17(14)21/h8-9,12-14,17,20H,3-7,10-11H2,1-2H3. The summed E-state index contributed by atoms with van der Waals surface area (Å²) < 4.78 is 1.19. The second kappa shape index (κ2) is 6.70. The van der Waals surface area contributed by atoms with Gasteiger partial charge in [-0.25, -0.2) is 0 Å². The highest BCUT2D eigenvalue weighted by Gasteiger charge is 2.36. The molecule has 0 spiro atoms. The highest BCUT2D eigenvalue weighted by Crippen LogP contribution is 2.41. The molecule has 2 fully saturated rings. The van der Waals surface area contributed by atoms with Gasteiger partial charge in [0.2, 0.25) is 0 Å². The molecule has 1 saturated heterocycles. The summed E-state index contributed by atoms with van der Waals surface area (Å²) in [6.07, 6.45) is 7.06. The highest BCUT2D eigenvalue weighted by atomic mass is 79.9. The lowest BCUT2D eigenvalue weighted by Crippen LogP contribution is -2.36. The van der Waals surface area contributed by atoms with Gasteiger partial charge in [0.1, 0.15) is 0 Å². The third-order valence-corrected chi connectivity index (χ3v) is 5.78. The van der Waals surface area contributed by atoms with Gasteiger partial charge in [0.05, 0.1) is 0 Å². The third-order valence-electron chi connectivity index (χ3n) is 5.29. The van der Waals surface area contributed by atoms with Crippen molar-refractivity contribution >= 4 is 21.6 Å². The largest absolute Gasteiger partial charge is 0.368 e. The fourth-order valence-electron chi connectivity index (χ4n) is 4.25. The second-order valence-corrected chi connectivity index (χ2v) is 7.49. The van der Waals surface area contributed by atoms with E-state index in [0.717, 1.165) is 18.5 Å². The Labute approximate surface area is 137 Å². The van der Waals surface area contributed by atoms with Gasteiger partial charge in [-0.3, -0.25) is 0 Å². The molecule has 3 unspecified atom stereocenters. The molecule has 0 radical (unpaired) electrons. The normalized spacial score (nSPS) is 26.7.